The zero-order valence-electron chi connectivity index (χ0n) is 14.1. The normalized spacial score (nSPS) is 18.9. The van der Waals surface area contributed by atoms with Crippen molar-refractivity contribution in [1.29, 1.82) is 0 Å². The van der Waals surface area contributed by atoms with Gasteiger partial charge in [-0.1, -0.05) is 19.1 Å². The lowest BCUT2D eigenvalue weighted by atomic mass is 9.90. The molecule has 1 atom stereocenters. The van der Waals surface area contributed by atoms with Gasteiger partial charge in [0.15, 0.2) is 0 Å². The van der Waals surface area contributed by atoms with Crippen LogP contribution in [0.3, 0.4) is 0 Å². The van der Waals surface area contributed by atoms with Crippen LogP contribution in [0.2, 0.25) is 0 Å². The third-order valence-electron chi connectivity index (χ3n) is 4.63. The zero-order valence-corrected chi connectivity index (χ0v) is 14.1. The van der Waals surface area contributed by atoms with Gasteiger partial charge in [0, 0.05) is 18.3 Å². The number of piperidine rings is 1. The fourth-order valence-electron chi connectivity index (χ4n) is 3.22. The van der Waals surface area contributed by atoms with Crippen LogP contribution in [-0.2, 0) is 6.54 Å². The van der Waals surface area contributed by atoms with Crippen molar-refractivity contribution in [3.05, 3.63) is 29.8 Å². The summed E-state index contributed by atoms with van der Waals surface area (Å²) in [5.74, 6) is 0.800. The van der Waals surface area contributed by atoms with E-state index < -0.39 is 0 Å². The van der Waals surface area contributed by atoms with Crippen LogP contribution in [0, 0.1) is 5.92 Å². The monoisotopic (exact) mass is 289 g/mol. The van der Waals surface area contributed by atoms with Crippen LogP contribution < -0.4 is 5.32 Å². The summed E-state index contributed by atoms with van der Waals surface area (Å²) >= 11 is 0. The molecule has 0 spiro atoms. The smallest absolute Gasteiger partial charge is 0.0342 e. The minimum absolute atomic E-state index is 0.559. The number of hydrogen-bond acceptors (Lipinski definition) is 3. The van der Waals surface area contributed by atoms with Crippen molar-refractivity contribution < 1.29 is 0 Å². The molecule has 1 fully saturated rings. The topological polar surface area (TPSA) is 18.5 Å². The molecule has 0 aromatic heterocycles. The van der Waals surface area contributed by atoms with Crippen LogP contribution in [0.1, 0.15) is 32.3 Å². The van der Waals surface area contributed by atoms with Gasteiger partial charge < -0.3 is 15.1 Å². The number of nitrogens with zero attached hydrogens (tertiary/aromatic N) is 2. The third-order valence-corrected chi connectivity index (χ3v) is 4.63. The summed E-state index contributed by atoms with van der Waals surface area (Å²) in [5.41, 5.74) is 2.62. The molecule has 3 heteroatoms. The molecule has 118 valence electrons. The summed E-state index contributed by atoms with van der Waals surface area (Å²) in [4.78, 5) is 4.76. The summed E-state index contributed by atoms with van der Waals surface area (Å²) in [6.45, 7) is 9.31. The lowest BCUT2D eigenvalue weighted by molar-refractivity contribution is 0.183. The van der Waals surface area contributed by atoms with Gasteiger partial charge in [0.25, 0.3) is 0 Å². The zero-order chi connectivity index (χ0) is 15.2. The van der Waals surface area contributed by atoms with Gasteiger partial charge in [0.2, 0.25) is 0 Å². The van der Waals surface area contributed by atoms with Crippen molar-refractivity contribution in [3.63, 3.8) is 0 Å². The van der Waals surface area contributed by atoms with E-state index in [1.54, 1.807) is 0 Å². The standard InChI is InChI=1S/C18H31N3/c1-5-21-12-10-17(11-13-21)15(2)19-18-8-6-16(7-9-18)14-20(3)4/h6-9,15,17,19H,5,10-14H2,1-4H3. The van der Waals surface area contributed by atoms with Gasteiger partial charge in [-0.25, -0.2) is 0 Å². The first-order chi connectivity index (χ1) is 10.1. The fourth-order valence-corrected chi connectivity index (χ4v) is 3.22. The van der Waals surface area contributed by atoms with E-state index in [1.807, 2.05) is 0 Å². The largest absolute Gasteiger partial charge is 0.382 e. The lowest BCUT2D eigenvalue weighted by Gasteiger charge is -2.34. The molecule has 1 unspecified atom stereocenters. The SMILES string of the molecule is CCN1CCC(C(C)Nc2ccc(CN(C)C)cc2)CC1. The molecule has 1 saturated heterocycles. The first-order valence-electron chi connectivity index (χ1n) is 8.31. The molecule has 3 nitrogen and oxygen atoms in total. The summed E-state index contributed by atoms with van der Waals surface area (Å²) in [5, 5.41) is 3.69. The molecule has 0 radical (unpaired) electrons. The highest BCUT2D eigenvalue weighted by Gasteiger charge is 2.22. The molecule has 0 aliphatic carbocycles. The maximum atomic E-state index is 3.69. The maximum Gasteiger partial charge on any atom is 0.0342 e. The first kappa shape index (κ1) is 16.3. The fraction of sp³-hybridized carbons (Fsp3) is 0.667. The Morgan fingerprint density at radius 2 is 1.81 bits per heavy atom. The van der Waals surface area contributed by atoms with Crippen LogP contribution in [0.25, 0.3) is 0 Å². The number of hydrogen-bond donors (Lipinski definition) is 1. The lowest BCUT2D eigenvalue weighted by Crippen LogP contribution is -2.39. The molecule has 1 heterocycles. The molecule has 0 amide bonds. The highest BCUT2D eigenvalue weighted by molar-refractivity contribution is 5.45. The van der Waals surface area contributed by atoms with E-state index in [4.69, 9.17) is 0 Å². The minimum Gasteiger partial charge on any atom is -0.382 e. The number of anilines is 1. The van der Waals surface area contributed by atoms with Crippen molar-refractivity contribution in [2.75, 3.05) is 39.0 Å². The van der Waals surface area contributed by atoms with Gasteiger partial charge >= 0.3 is 0 Å². The van der Waals surface area contributed by atoms with Crippen molar-refractivity contribution in [1.82, 2.24) is 9.80 Å². The van der Waals surface area contributed by atoms with E-state index in [2.05, 4.69) is 67.3 Å². The van der Waals surface area contributed by atoms with Crippen LogP contribution in [0.4, 0.5) is 5.69 Å². The molecule has 0 bridgehead atoms. The quantitative estimate of drug-likeness (QED) is 0.867. The van der Waals surface area contributed by atoms with Crippen molar-refractivity contribution >= 4 is 5.69 Å². The number of rotatable bonds is 6. The Balaban J connectivity index is 1.83. The number of benzene rings is 1. The Morgan fingerprint density at radius 1 is 1.19 bits per heavy atom. The molecular formula is C18H31N3. The van der Waals surface area contributed by atoms with Crippen molar-refractivity contribution in [3.8, 4) is 0 Å². The predicted molar refractivity (Wildman–Crippen MR) is 91.8 cm³/mol. The number of likely N-dealkylation sites (tertiary alicyclic amines) is 1. The van der Waals surface area contributed by atoms with Crippen molar-refractivity contribution in [2.24, 2.45) is 5.92 Å². The molecular weight excluding hydrogens is 258 g/mol. The van der Waals surface area contributed by atoms with Crippen LogP contribution >= 0.6 is 0 Å². The second kappa shape index (κ2) is 7.81. The van der Waals surface area contributed by atoms with E-state index >= 15 is 0 Å². The van der Waals surface area contributed by atoms with E-state index in [0.29, 0.717) is 6.04 Å². The molecule has 21 heavy (non-hydrogen) atoms. The van der Waals surface area contributed by atoms with E-state index in [9.17, 15) is 0 Å². The molecule has 1 aliphatic rings. The highest BCUT2D eigenvalue weighted by Crippen LogP contribution is 2.23. The number of nitrogens with one attached hydrogen (secondary N) is 1. The predicted octanol–water partition coefficient (Wildman–Crippen LogP) is 3.28. The summed E-state index contributed by atoms with van der Waals surface area (Å²) in [7, 11) is 4.22. The van der Waals surface area contributed by atoms with Crippen LogP contribution in [0.15, 0.2) is 24.3 Å². The second-order valence-electron chi connectivity index (χ2n) is 6.64. The van der Waals surface area contributed by atoms with E-state index in [0.717, 1.165) is 12.5 Å². The van der Waals surface area contributed by atoms with E-state index in [1.165, 1.54) is 43.7 Å². The minimum atomic E-state index is 0.559. The average Bonchev–Trinajstić information content (AvgIpc) is 2.49. The van der Waals surface area contributed by atoms with Gasteiger partial charge in [-0.2, -0.15) is 0 Å². The summed E-state index contributed by atoms with van der Waals surface area (Å²) < 4.78 is 0. The molecule has 1 aromatic carbocycles. The Morgan fingerprint density at radius 3 is 2.33 bits per heavy atom. The summed E-state index contributed by atoms with van der Waals surface area (Å²) in [6.07, 6.45) is 2.64. The molecule has 1 aromatic rings. The summed E-state index contributed by atoms with van der Waals surface area (Å²) in [6, 6.07) is 9.46. The molecule has 0 saturated carbocycles. The second-order valence-corrected chi connectivity index (χ2v) is 6.64. The molecule has 2 rings (SSSR count). The van der Waals surface area contributed by atoms with Gasteiger partial charge in [0.1, 0.15) is 0 Å². The first-order valence-corrected chi connectivity index (χ1v) is 8.31. The van der Waals surface area contributed by atoms with Gasteiger partial charge in [0.05, 0.1) is 0 Å². The Bertz CT molecular complexity index is 405. The molecule has 1 N–H and O–H groups in total. The van der Waals surface area contributed by atoms with E-state index in [-0.39, 0.29) is 0 Å². The Kier molecular flexibility index (Phi) is 6.07. The highest BCUT2D eigenvalue weighted by atomic mass is 15.1. The van der Waals surface area contributed by atoms with Gasteiger partial charge in [-0.15, -0.1) is 0 Å². The Labute approximate surface area is 130 Å². The maximum absolute atomic E-state index is 3.69. The van der Waals surface area contributed by atoms with Crippen LogP contribution in [0.5, 0.6) is 0 Å². The third kappa shape index (κ3) is 5.01. The van der Waals surface area contributed by atoms with Gasteiger partial charge in [-0.05, 0) is 77.1 Å². The average molecular weight is 289 g/mol. The van der Waals surface area contributed by atoms with Gasteiger partial charge in [-0.3, -0.25) is 0 Å². The molecule has 1 aliphatic heterocycles. The Hall–Kier alpha value is -1.06. The van der Waals surface area contributed by atoms with Crippen LogP contribution in [-0.4, -0.2) is 49.6 Å². The van der Waals surface area contributed by atoms with Crippen molar-refractivity contribution in [2.45, 2.75) is 39.3 Å².